The first kappa shape index (κ1) is 17.9. The summed E-state index contributed by atoms with van der Waals surface area (Å²) in [5.41, 5.74) is 2.46. The summed E-state index contributed by atoms with van der Waals surface area (Å²) in [4.78, 5) is 11.2. The van der Waals surface area contributed by atoms with Crippen LogP contribution in [-0.2, 0) is 16.4 Å². The van der Waals surface area contributed by atoms with Gasteiger partial charge in [0.1, 0.15) is 0 Å². The number of sulfonamides is 1. The molecule has 0 aromatic heterocycles. The van der Waals surface area contributed by atoms with Gasteiger partial charge in [0.25, 0.3) is 0 Å². The number of carboxylic acids is 1. The van der Waals surface area contributed by atoms with Crippen molar-refractivity contribution in [3.63, 3.8) is 0 Å². The molecule has 0 amide bonds. The van der Waals surface area contributed by atoms with Crippen LogP contribution in [0, 0.1) is 0 Å². The third-order valence-corrected chi connectivity index (χ3v) is 6.23. The molecule has 132 valence electrons. The van der Waals surface area contributed by atoms with Crippen LogP contribution < -0.4 is 4.72 Å². The lowest BCUT2D eigenvalue weighted by molar-refractivity contribution is 0.0696. The van der Waals surface area contributed by atoms with Crippen molar-refractivity contribution in [1.82, 2.24) is 4.72 Å². The molecule has 3 rings (SSSR count). The summed E-state index contributed by atoms with van der Waals surface area (Å²) < 4.78 is 27.1. The molecule has 25 heavy (non-hydrogen) atoms. The lowest BCUT2D eigenvalue weighted by Crippen LogP contribution is -2.25. The summed E-state index contributed by atoms with van der Waals surface area (Å²) in [6.45, 7) is 0.329. The smallest absolute Gasteiger partial charge is 0.335 e. The molecule has 1 aliphatic carbocycles. The van der Waals surface area contributed by atoms with Crippen LogP contribution in [0.2, 0.25) is 5.02 Å². The van der Waals surface area contributed by atoms with E-state index in [-0.39, 0.29) is 10.8 Å². The Kier molecular flexibility index (Phi) is 5.13. The Morgan fingerprint density at radius 1 is 1.20 bits per heavy atom. The number of aryl methyl sites for hydroxylation is 1. The van der Waals surface area contributed by atoms with Gasteiger partial charge in [0, 0.05) is 11.6 Å². The van der Waals surface area contributed by atoms with Gasteiger partial charge in [-0.3, -0.25) is 0 Å². The Balaban J connectivity index is 1.62. The molecule has 0 fully saturated rings. The van der Waals surface area contributed by atoms with E-state index in [0.717, 1.165) is 24.0 Å². The molecule has 2 aromatic carbocycles. The maximum absolute atomic E-state index is 12.3. The summed E-state index contributed by atoms with van der Waals surface area (Å²) in [6, 6.07) is 11.2. The van der Waals surface area contributed by atoms with Gasteiger partial charge in [-0.05, 0) is 72.7 Å². The highest BCUT2D eigenvalue weighted by atomic mass is 35.5. The van der Waals surface area contributed by atoms with Gasteiger partial charge < -0.3 is 5.11 Å². The van der Waals surface area contributed by atoms with Crippen molar-refractivity contribution < 1.29 is 18.3 Å². The Bertz CT molecular complexity index is 894. The van der Waals surface area contributed by atoms with Crippen molar-refractivity contribution in [2.24, 2.45) is 0 Å². The zero-order chi connectivity index (χ0) is 18.0. The van der Waals surface area contributed by atoms with Crippen LogP contribution in [0.3, 0.4) is 0 Å². The average molecular weight is 380 g/mol. The molecule has 7 heteroatoms. The zero-order valence-corrected chi connectivity index (χ0v) is 15.0. The first-order valence-corrected chi connectivity index (χ1v) is 9.84. The second-order valence-corrected chi connectivity index (χ2v) is 8.30. The quantitative estimate of drug-likeness (QED) is 0.805. The van der Waals surface area contributed by atoms with Gasteiger partial charge in [-0.1, -0.05) is 17.7 Å². The van der Waals surface area contributed by atoms with Crippen LogP contribution in [0.4, 0.5) is 0 Å². The number of carboxylic acid groups (broad SMARTS) is 1. The van der Waals surface area contributed by atoms with Gasteiger partial charge in [-0.25, -0.2) is 17.9 Å². The third kappa shape index (κ3) is 4.03. The summed E-state index contributed by atoms with van der Waals surface area (Å²) >= 11 is 5.78. The maximum Gasteiger partial charge on any atom is 0.335 e. The molecule has 0 radical (unpaired) electrons. The lowest BCUT2D eigenvalue weighted by Gasteiger charge is -2.13. The molecular formula is C18H18ClNO4S. The highest BCUT2D eigenvalue weighted by Crippen LogP contribution is 2.35. The van der Waals surface area contributed by atoms with E-state index in [9.17, 15) is 13.2 Å². The second-order valence-electron chi connectivity index (χ2n) is 6.09. The van der Waals surface area contributed by atoms with Gasteiger partial charge in [0.15, 0.2) is 0 Å². The molecule has 1 aliphatic rings. The Labute approximate surface area is 151 Å². The molecule has 0 saturated heterocycles. The maximum atomic E-state index is 12.3. The minimum Gasteiger partial charge on any atom is -0.478 e. The van der Waals surface area contributed by atoms with Crippen molar-refractivity contribution in [2.45, 2.75) is 30.1 Å². The standard InChI is InChI=1S/C18H18ClNO4S/c19-15-4-6-16(7-5-15)25(23,24)20-10-9-12-1-2-13-11-14(18(21)22)3-8-17(12)13/h3-8,11-12,20H,1-2,9-10H2,(H,21,22). The molecule has 1 unspecified atom stereocenters. The van der Waals surface area contributed by atoms with Crippen LogP contribution >= 0.6 is 11.6 Å². The van der Waals surface area contributed by atoms with Crippen molar-refractivity contribution in [1.29, 1.82) is 0 Å². The van der Waals surface area contributed by atoms with Crippen LogP contribution in [-0.4, -0.2) is 26.0 Å². The number of aromatic carboxylic acids is 1. The minimum absolute atomic E-state index is 0.190. The molecule has 0 spiro atoms. The van der Waals surface area contributed by atoms with Gasteiger partial charge in [-0.15, -0.1) is 0 Å². The Morgan fingerprint density at radius 3 is 2.60 bits per heavy atom. The largest absolute Gasteiger partial charge is 0.478 e. The van der Waals surface area contributed by atoms with Crippen LogP contribution in [0.5, 0.6) is 0 Å². The van der Waals surface area contributed by atoms with Gasteiger partial charge >= 0.3 is 5.97 Å². The molecule has 2 N–H and O–H groups in total. The summed E-state index contributed by atoms with van der Waals surface area (Å²) in [6.07, 6.45) is 2.40. The predicted octanol–water partition coefficient (Wildman–Crippen LogP) is 3.44. The van der Waals surface area contributed by atoms with E-state index >= 15 is 0 Å². The van der Waals surface area contributed by atoms with Crippen molar-refractivity contribution in [3.8, 4) is 0 Å². The van der Waals surface area contributed by atoms with Crippen molar-refractivity contribution >= 4 is 27.6 Å². The van der Waals surface area contributed by atoms with Crippen molar-refractivity contribution in [2.75, 3.05) is 6.54 Å². The number of benzene rings is 2. The van der Waals surface area contributed by atoms with Crippen LogP contribution in [0.15, 0.2) is 47.4 Å². The first-order chi connectivity index (χ1) is 11.9. The first-order valence-electron chi connectivity index (χ1n) is 7.98. The molecular weight excluding hydrogens is 362 g/mol. The van der Waals surface area contributed by atoms with E-state index in [4.69, 9.17) is 16.7 Å². The predicted molar refractivity (Wildman–Crippen MR) is 95.7 cm³/mol. The van der Waals surface area contributed by atoms with E-state index < -0.39 is 16.0 Å². The van der Waals surface area contributed by atoms with E-state index in [0.29, 0.717) is 23.6 Å². The third-order valence-electron chi connectivity index (χ3n) is 4.50. The van der Waals surface area contributed by atoms with Gasteiger partial charge in [0.2, 0.25) is 10.0 Å². The SMILES string of the molecule is O=C(O)c1ccc2c(c1)CCC2CCNS(=O)(=O)c1ccc(Cl)cc1. The molecule has 0 bridgehead atoms. The van der Waals surface area contributed by atoms with E-state index in [1.54, 1.807) is 24.3 Å². The fourth-order valence-electron chi connectivity index (χ4n) is 3.20. The van der Waals surface area contributed by atoms with Gasteiger partial charge in [-0.2, -0.15) is 0 Å². The molecule has 0 saturated carbocycles. The van der Waals surface area contributed by atoms with E-state index in [1.807, 2.05) is 6.07 Å². The van der Waals surface area contributed by atoms with Crippen LogP contribution in [0.25, 0.3) is 0 Å². The van der Waals surface area contributed by atoms with Crippen molar-refractivity contribution in [3.05, 3.63) is 64.2 Å². The molecule has 5 nitrogen and oxygen atoms in total. The molecule has 0 heterocycles. The highest BCUT2D eigenvalue weighted by Gasteiger charge is 2.24. The number of hydrogen-bond donors (Lipinski definition) is 2. The normalized spacial score (nSPS) is 16.6. The van der Waals surface area contributed by atoms with E-state index in [2.05, 4.69) is 4.72 Å². The second kappa shape index (κ2) is 7.15. The van der Waals surface area contributed by atoms with Gasteiger partial charge in [0.05, 0.1) is 10.5 Å². The number of halogens is 1. The highest BCUT2D eigenvalue weighted by molar-refractivity contribution is 7.89. The fraction of sp³-hybridized carbons (Fsp3) is 0.278. The Morgan fingerprint density at radius 2 is 1.92 bits per heavy atom. The Hall–Kier alpha value is -1.89. The molecule has 1 atom stereocenters. The summed E-state index contributed by atoms with van der Waals surface area (Å²) in [5, 5.41) is 9.54. The van der Waals surface area contributed by atoms with E-state index in [1.165, 1.54) is 12.1 Å². The number of hydrogen-bond acceptors (Lipinski definition) is 3. The van der Waals surface area contributed by atoms with Crippen LogP contribution in [0.1, 0.15) is 40.2 Å². The monoisotopic (exact) mass is 379 g/mol. The zero-order valence-electron chi connectivity index (χ0n) is 13.4. The minimum atomic E-state index is -3.55. The molecule has 0 aliphatic heterocycles. The lowest BCUT2D eigenvalue weighted by atomic mass is 9.97. The summed E-state index contributed by atoms with van der Waals surface area (Å²) in [5.74, 6) is -0.687. The number of fused-ring (bicyclic) bond motifs is 1. The average Bonchev–Trinajstić information content (AvgIpc) is 2.97. The molecule has 2 aromatic rings. The topological polar surface area (TPSA) is 83.5 Å². The number of rotatable bonds is 6. The summed E-state index contributed by atoms with van der Waals surface area (Å²) in [7, 11) is -3.55. The number of carbonyl (C=O) groups is 1. The fourth-order valence-corrected chi connectivity index (χ4v) is 4.38. The number of nitrogens with one attached hydrogen (secondary N) is 1.